The Labute approximate surface area is 160 Å². The van der Waals surface area contributed by atoms with Crippen molar-refractivity contribution in [2.24, 2.45) is 0 Å². The normalized spacial score (nSPS) is 15.4. The Morgan fingerprint density at radius 3 is 2.44 bits per heavy atom. The van der Waals surface area contributed by atoms with E-state index >= 15 is 0 Å². The molecule has 1 N–H and O–H groups in total. The number of hydrogen-bond donors (Lipinski definition) is 1. The Morgan fingerprint density at radius 2 is 1.78 bits per heavy atom. The molecule has 0 aliphatic carbocycles. The summed E-state index contributed by atoms with van der Waals surface area (Å²) in [5, 5.41) is 2.87. The zero-order valence-electron chi connectivity index (χ0n) is 15.3. The highest BCUT2D eigenvalue weighted by atomic mass is 32.2. The van der Waals surface area contributed by atoms with Crippen molar-refractivity contribution in [3.8, 4) is 0 Å². The van der Waals surface area contributed by atoms with E-state index in [0.717, 1.165) is 30.4 Å². The monoisotopic (exact) mass is 387 g/mol. The van der Waals surface area contributed by atoms with Crippen LogP contribution in [-0.4, -0.2) is 36.7 Å². The van der Waals surface area contributed by atoms with E-state index in [1.54, 1.807) is 41.0 Å². The lowest BCUT2D eigenvalue weighted by Crippen LogP contribution is -2.35. The first-order valence-electron chi connectivity index (χ1n) is 9.30. The van der Waals surface area contributed by atoms with Gasteiger partial charge in [-0.2, -0.15) is 4.31 Å². The highest BCUT2D eigenvalue weighted by Gasteiger charge is 2.25. The van der Waals surface area contributed by atoms with E-state index in [1.807, 2.05) is 12.1 Å². The first-order valence-corrected chi connectivity index (χ1v) is 10.7. The topological polar surface area (TPSA) is 79.4 Å². The van der Waals surface area contributed by atoms with Gasteiger partial charge in [0.05, 0.1) is 4.90 Å². The number of nitrogens with zero attached hydrogens (tertiary/aromatic N) is 2. The maximum Gasteiger partial charge on any atom is 0.243 e. The molecule has 27 heavy (non-hydrogen) atoms. The maximum absolute atomic E-state index is 12.6. The van der Waals surface area contributed by atoms with Crippen molar-refractivity contribution < 1.29 is 13.2 Å². The molecule has 0 radical (unpaired) electrons. The predicted molar refractivity (Wildman–Crippen MR) is 103 cm³/mol. The number of sulfonamides is 1. The molecular weight excluding hydrogens is 362 g/mol. The summed E-state index contributed by atoms with van der Waals surface area (Å²) in [6, 6.07) is 10.6. The number of nitrogens with one attached hydrogen (secondary N) is 1. The number of pyridine rings is 1. The van der Waals surface area contributed by atoms with Crippen LogP contribution in [0.4, 0.5) is 0 Å². The third kappa shape index (κ3) is 5.37. The van der Waals surface area contributed by atoms with E-state index in [1.165, 1.54) is 0 Å². The highest BCUT2D eigenvalue weighted by molar-refractivity contribution is 7.89. The van der Waals surface area contributed by atoms with Crippen molar-refractivity contribution in [1.29, 1.82) is 0 Å². The van der Waals surface area contributed by atoms with Crippen LogP contribution in [-0.2, 0) is 27.8 Å². The third-order valence-corrected chi connectivity index (χ3v) is 6.64. The van der Waals surface area contributed by atoms with Crippen LogP contribution >= 0.6 is 0 Å². The third-order valence-electron chi connectivity index (χ3n) is 4.73. The number of amides is 1. The van der Waals surface area contributed by atoms with Gasteiger partial charge in [0.2, 0.25) is 15.9 Å². The van der Waals surface area contributed by atoms with Gasteiger partial charge in [-0.1, -0.05) is 24.6 Å². The SMILES string of the molecule is O=C(CCc1cccnc1)NCc1ccc(S(=O)(=O)N2CCCCC2)cc1. The summed E-state index contributed by atoms with van der Waals surface area (Å²) in [5.41, 5.74) is 1.90. The second kappa shape index (κ2) is 9.10. The average molecular weight is 388 g/mol. The molecule has 6 nitrogen and oxygen atoms in total. The zero-order chi connectivity index (χ0) is 19.1. The number of benzene rings is 1. The molecule has 1 aromatic carbocycles. The highest BCUT2D eigenvalue weighted by Crippen LogP contribution is 2.20. The largest absolute Gasteiger partial charge is 0.352 e. The van der Waals surface area contributed by atoms with Gasteiger partial charge in [0.15, 0.2) is 0 Å². The van der Waals surface area contributed by atoms with Gasteiger partial charge in [-0.3, -0.25) is 9.78 Å². The molecule has 0 bridgehead atoms. The van der Waals surface area contributed by atoms with Crippen LogP contribution < -0.4 is 5.32 Å². The fourth-order valence-electron chi connectivity index (χ4n) is 3.13. The molecule has 3 rings (SSSR count). The van der Waals surface area contributed by atoms with Gasteiger partial charge in [-0.05, 0) is 48.6 Å². The molecule has 1 aromatic heterocycles. The van der Waals surface area contributed by atoms with Crippen molar-refractivity contribution >= 4 is 15.9 Å². The molecule has 144 valence electrons. The quantitative estimate of drug-likeness (QED) is 0.792. The summed E-state index contributed by atoms with van der Waals surface area (Å²) in [4.78, 5) is 16.3. The van der Waals surface area contributed by atoms with Crippen molar-refractivity contribution in [3.63, 3.8) is 0 Å². The standard InChI is InChI=1S/C20H25N3O3S/c24-20(11-8-17-5-4-12-21-15-17)22-16-18-6-9-19(10-7-18)27(25,26)23-13-2-1-3-14-23/h4-7,9-10,12,15H,1-3,8,11,13-14,16H2,(H,22,24). The van der Waals surface area contributed by atoms with Gasteiger partial charge in [-0.25, -0.2) is 8.42 Å². The lowest BCUT2D eigenvalue weighted by Gasteiger charge is -2.25. The number of aryl methyl sites for hydroxylation is 1. The van der Waals surface area contributed by atoms with Crippen LogP contribution in [0, 0.1) is 0 Å². The van der Waals surface area contributed by atoms with Crippen molar-refractivity contribution in [2.45, 2.75) is 43.5 Å². The Balaban J connectivity index is 1.50. The molecule has 2 heterocycles. The number of rotatable bonds is 7. The van der Waals surface area contributed by atoms with Crippen molar-refractivity contribution in [1.82, 2.24) is 14.6 Å². The number of hydrogen-bond acceptors (Lipinski definition) is 4. The lowest BCUT2D eigenvalue weighted by molar-refractivity contribution is -0.121. The minimum absolute atomic E-state index is 0.0381. The number of carbonyl (C=O) groups is 1. The fourth-order valence-corrected chi connectivity index (χ4v) is 4.64. The van der Waals surface area contributed by atoms with Crippen molar-refractivity contribution in [3.05, 3.63) is 59.9 Å². The van der Waals surface area contributed by atoms with Crippen LogP contribution in [0.1, 0.15) is 36.8 Å². The Bertz CT molecular complexity index is 846. The summed E-state index contributed by atoms with van der Waals surface area (Å²) in [7, 11) is -3.41. The predicted octanol–water partition coefficient (Wildman–Crippen LogP) is 2.51. The van der Waals surface area contributed by atoms with E-state index in [2.05, 4.69) is 10.3 Å². The van der Waals surface area contributed by atoms with E-state index in [-0.39, 0.29) is 5.91 Å². The molecular formula is C20H25N3O3S. The van der Waals surface area contributed by atoms with Crippen molar-refractivity contribution in [2.75, 3.05) is 13.1 Å². The molecule has 1 aliphatic rings. The molecule has 1 fully saturated rings. The fraction of sp³-hybridized carbons (Fsp3) is 0.400. The van der Waals surface area contributed by atoms with Crippen LogP contribution in [0.25, 0.3) is 0 Å². The van der Waals surface area contributed by atoms with E-state index in [9.17, 15) is 13.2 Å². The molecule has 7 heteroatoms. The summed E-state index contributed by atoms with van der Waals surface area (Å²) in [6.07, 6.45) is 7.43. The van der Waals surface area contributed by atoms with E-state index in [4.69, 9.17) is 0 Å². The second-order valence-corrected chi connectivity index (χ2v) is 8.68. The van der Waals surface area contributed by atoms with Gasteiger partial charge in [-0.15, -0.1) is 0 Å². The van der Waals surface area contributed by atoms with Gasteiger partial charge < -0.3 is 5.32 Å². The van der Waals surface area contributed by atoms with Crippen LogP contribution in [0.3, 0.4) is 0 Å². The Kier molecular flexibility index (Phi) is 6.58. The number of piperidine rings is 1. The zero-order valence-corrected chi connectivity index (χ0v) is 16.1. The summed E-state index contributed by atoms with van der Waals surface area (Å²) in [5.74, 6) is -0.0381. The Morgan fingerprint density at radius 1 is 1.04 bits per heavy atom. The molecule has 1 aliphatic heterocycles. The maximum atomic E-state index is 12.6. The summed E-state index contributed by atoms with van der Waals surface area (Å²) in [6.45, 7) is 1.57. The lowest BCUT2D eigenvalue weighted by atomic mass is 10.1. The number of aromatic nitrogens is 1. The Hall–Kier alpha value is -2.25. The summed E-state index contributed by atoms with van der Waals surface area (Å²) < 4.78 is 26.8. The molecule has 2 aromatic rings. The molecule has 0 atom stereocenters. The first-order chi connectivity index (χ1) is 13.1. The minimum atomic E-state index is -3.41. The van der Waals surface area contributed by atoms with Gasteiger partial charge >= 0.3 is 0 Å². The molecule has 0 saturated carbocycles. The van der Waals surface area contributed by atoms with E-state index in [0.29, 0.717) is 37.4 Å². The van der Waals surface area contributed by atoms with Gasteiger partial charge in [0.1, 0.15) is 0 Å². The smallest absolute Gasteiger partial charge is 0.243 e. The average Bonchev–Trinajstić information content (AvgIpc) is 2.72. The van der Waals surface area contributed by atoms with Crippen LogP contribution in [0.15, 0.2) is 53.7 Å². The van der Waals surface area contributed by atoms with Gasteiger partial charge in [0.25, 0.3) is 0 Å². The molecule has 1 amide bonds. The first kappa shape index (κ1) is 19.5. The second-order valence-electron chi connectivity index (χ2n) is 6.75. The van der Waals surface area contributed by atoms with E-state index < -0.39 is 10.0 Å². The van der Waals surface area contributed by atoms with Crippen LogP contribution in [0.2, 0.25) is 0 Å². The molecule has 0 unspecified atom stereocenters. The molecule has 1 saturated heterocycles. The minimum Gasteiger partial charge on any atom is -0.352 e. The number of carbonyl (C=O) groups excluding carboxylic acids is 1. The summed E-state index contributed by atoms with van der Waals surface area (Å²) >= 11 is 0. The van der Waals surface area contributed by atoms with Gasteiger partial charge in [0, 0.05) is 38.4 Å². The molecule has 0 spiro atoms. The van der Waals surface area contributed by atoms with Crippen LogP contribution in [0.5, 0.6) is 0 Å².